The predicted octanol–water partition coefficient (Wildman–Crippen LogP) is 5.08. The Labute approximate surface area is 193 Å². The maximum Gasteiger partial charge on any atom is 0.223 e. The number of piperidine rings is 1. The Morgan fingerprint density at radius 2 is 1.90 bits per heavy atom. The van der Waals surface area contributed by atoms with E-state index in [-0.39, 0.29) is 11.8 Å². The summed E-state index contributed by atoms with van der Waals surface area (Å²) in [4.78, 5) is 19.1. The van der Waals surface area contributed by atoms with E-state index in [4.69, 9.17) is 22.3 Å². The predicted molar refractivity (Wildman–Crippen MR) is 123 cm³/mol. The van der Waals surface area contributed by atoms with Crippen molar-refractivity contribution in [2.45, 2.75) is 38.0 Å². The normalized spacial score (nSPS) is 19.4. The molecule has 2 N–H and O–H groups in total. The zero-order valence-corrected chi connectivity index (χ0v) is 20.1. The monoisotopic (exact) mass is 539 g/mol. The number of amides is 1. The minimum Gasteiger partial charge on any atom is -0.343 e. The van der Waals surface area contributed by atoms with Gasteiger partial charge in [-0.25, -0.2) is 0 Å². The summed E-state index contributed by atoms with van der Waals surface area (Å²) in [6, 6.07) is 6.31. The van der Waals surface area contributed by atoms with Crippen molar-refractivity contribution in [3.8, 4) is 0 Å². The summed E-state index contributed by atoms with van der Waals surface area (Å²) < 4.78 is 2.07. The average molecular weight is 542 g/mol. The largest absolute Gasteiger partial charge is 0.343 e. The SMILES string of the molecule is NCCC(=O)N1CCC([C@H]2c3ncc(Br)cc3CCc3cc(Cl)cc(Br)c32)CC1. The second-order valence-corrected chi connectivity index (χ2v) is 10.1. The molecule has 2 heterocycles. The minimum absolute atomic E-state index is 0.169. The highest BCUT2D eigenvalue weighted by atomic mass is 79.9. The molecule has 1 saturated heterocycles. The molecule has 29 heavy (non-hydrogen) atoms. The van der Waals surface area contributed by atoms with E-state index in [0.717, 1.165) is 52.7 Å². The number of nitrogens with two attached hydrogens (primary N) is 1. The quantitative estimate of drug-likeness (QED) is 0.590. The van der Waals surface area contributed by atoms with Crippen LogP contribution in [0.3, 0.4) is 0 Å². The van der Waals surface area contributed by atoms with E-state index < -0.39 is 0 Å². The number of hydrogen-bond donors (Lipinski definition) is 1. The van der Waals surface area contributed by atoms with Crippen LogP contribution in [0, 0.1) is 5.92 Å². The molecule has 1 aliphatic heterocycles. The van der Waals surface area contributed by atoms with Crippen molar-refractivity contribution in [2.75, 3.05) is 19.6 Å². The van der Waals surface area contributed by atoms with Gasteiger partial charge in [-0.2, -0.15) is 0 Å². The van der Waals surface area contributed by atoms with Crippen molar-refractivity contribution in [2.24, 2.45) is 11.7 Å². The summed E-state index contributed by atoms with van der Waals surface area (Å²) in [5.74, 6) is 0.801. The first-order chi connectivity index (χ1) is 14.0. The zero-order chi connectivity index (χ0) is 20.5. The lowest BCUT2D eigenvalue weighted by Crippen LogP contribution is -2.40. The number of pyridine rings is 1. The maximum atomic E-state index is 12.3. The molecule has 0 saturated carbocycles. The summed E-state index contributed by atoms with van der Waals surface area (Å²) in [5.41, 5.74) is 10.6. The van der Waals surface area contributed by atoms with Crippen molar-refractivity contribution in [1.29, 1.82) is 0 Å². The number of fused-ring (bicyclic) bond motifs is 2. The van der Waals surface area contributed by atoms with E-state index in [1.165, 1.54) is 22.4 Å². The van der Waals surface area contributed by atoms with Gasteiger partial charge in [0.05, 0.1) is 5.69 Å². The van der Waals surface area contributed by atoms with Crippen LogP contribution >= 0.6 is 43.5 Å². The Morgan fingerprint density at radius 3 is 2.62 bits per heavy atom. The molecule has 0 radical (unpaired) electrons. The molecule has 1 aromatic heterocycles. The highest BCUT2D eigenvalue weighted by molar-refractivity contribution is 9.10. The summed E-state index contributed by atoms with van der Waals surface area (Å²) >= 11 is 13.8. The van der Waals surface area contributed by atoms with Crippen LogP contribution in [0.4, 0.5) is 0 Å². The van der Waals surface area contributed by atoms with Gasteiger partial charge in [-0.05, 0) is 82.4 Å². The summed E-state index contributed by atoms with van der Waals surface area (Å²) in [6.45, 7) is 1.98. The smallest absolute Gasteiger partial charge is 0.223 e. The molecule has 1 fully saturated rings. The number of hydrogen-bond acceptors (Lipinski definition) is 3. The summed E-state index contributed by atoms with van der Waals surface area (Å²) in [5, 5.41) is 0.761. The van der Waals surface area contributed by atoms with Crippen molar-refractivity contribution >= 4 is 49.4 Å². The highest BCUT2D eigenvalue weighted by Crippen LogP contribution is 2.46. The number of halogens is 3. The fourth-order valence-electron chi connectivity index (χ4n) is 4.79. The standard InChI is InChI=1S/C22H24Br2ClN3O/c23-16-9-15-2-1-14-10-17(25)11-18(24)20(14)21(22(15)27-12-16)13-4-7-28(8-5-13)19(29)3-6-26/h9-13,21H,1-8,26H2/t21-/m1/s1. The number of rotatable bonds is 3. The molecular weight excluding hydrogens is 518 g/mol. The number of nitrogens with zero attached hydrogens (tertiary/aromatic N) is 2. The van der Waals surface area contributed by atoms with E-state index in [1.54, 1.807) is 0 Å². The molecule has 7 heteroatoms. The topological polar surface area (TPSA) is 59.2 Å². The number of carbonyl (C=O) groups excluding carboxylic acids is 1. The van der Waals surface area contributed by atoms with Crippen LogP contribution in [0.1, 0.15) is 47.6 Å². The molecule has 1 aliphatic carbocycles. The second kappa shape index (κ2) is 9.04. The molecule has 0 unspecified atom stereocenters. The van der Waals surface area contributed by atoms with Gasteiger partial charge in [-0.1, -0.05) is 27.5 Å². The van der Waals surface area contributed by atoms with Gasteiger partial charge in [0.1, 0.15) is 0 Å². The van der Waals surface area contributed by atoms with Crippen LogP contribution in [0.2, 0.25) is 5.02 Å². The fraction of sp³-hybridized carbons (Fsp3) is 0.455. The molecular formula is C22H24Br2ClN3O. The zero-order valence-electron chi connectivity index (χ0n) is 16.1. The number of benzene rings is 1. The van der Waals surface area contributed by atoms with E-state index in [2.05, 4.69) is 44.0 Å². The van der Waals surface area contributed by atoms with Gasteiger partial charge in [0.2, 0.25) is 5.91 Å². The lowest BCUT2D eigenvalue weighted by atomic mass is 9.76. The first kappa shape index (κ1) is 21.3. The van der Waals surface area contributed by atoms with Gasteiger partial charge >= 0.3 is 0 Å². The van der Waals surface area contributed by atoms with Crippen molar-refractivity contribution in [3.05, 3.63) is 60.7 Å². The van der Waals surface area contributed by atoms with Gasteiger partial charge in [-0.3, -0.25) is 9.78 Å². The van der Waals surface area contributed by atoms with Gasteiger partial charge < -0.3 is 10.6 Å². The summed E-state index contributed by atoms with van der Waals surface area (Å²) in [6.07, 6.45) is 6.16. The van der Waals surface area contributed by atoms with E-state index in [9.17, 15) is 4.79 Å². The second-order valence-electron chi connectivity index (χ2n) is 7.89. The Morgan fingerprint density at radius 1 is 1.17 bits per heavy atom. The van der Waals surface area contributed by atoms with Crippen molar-refractivity contribution in [3.63, 3.8) is 0 Å². The third-order valence-electron chi connectivity index (χ3n) is 6.14. The Hall–Kier alpha value is -0.950. The van der Waals surface area contributed by atoms with Crippen LogP contribution in [0.25, 0.3) is 0 Å². The molecule has 0 bridgehead atoms. The molecule has 1 amide bonds. The Kier molecular flexibility index (Phi) is 6.64. The van der Waals surface area contributed by atoms with E-state index >= 15 is 0 Å². The fourth-order valence-corrected chi connectivity index (χ4v) is 6.29. The molecule has 0 spiro atoms. The molecule has 2 aliphatic rings. The van der Waals surface area contributed by atoms with Crippen molar-refractivity contribution in [1.82, 2.24) is 9.88 Å². The molecule has 4 nitrogen and oxygen atoms in total. The van der Waals surface area contributed by atoms with Gasteiger partial charge in [-0.15, -0.1) is 0 Å². The van der Waals surface area contributed by atoms with Crippen LogP contribution in [-0.2, 0) is 17.6 Å². The Bertz CT molecular complexity index is 929. The summed E-state index contributed by atoms with van der Waals surface area (Å²) in [7, 11) is 0. The molecule has 4 rings (SSSR count). The number of aryl methyl sites for hydroxylation is 2. The van der Waals surface area contributed by atoms with Crippen LogP contribution < -0.4 is 5.73 Å². The van der Waals surface area contributed by atoms with Crippen LogP contribution in [-0.4, -0.2) is 35.4 Å². The van der Waals surface area contributed by atoms with E-state index in [0.29, 0.717) is 18.9 Å². The molecule has 2 aromatic rings. The van der Waals surface area contributed by atoms with Gasteiger partial charge in [0, 0.05) is 52.1 Å². The third kappa shape index (κ3) is 4.41. The molecule has 1 aromatic carbocycles. The third-order valence-corrected chi connectivity index (χ3v) is 7.45. The lowest BCUT2D eigenvalue weighted by Gasteiger charge is -2.37. The maximum absolute atomic E-state index is 12.3. The van der Waals surface area contributed by atoms with Gasteiger partial charge in [0.25, 0.3) is 0 Å². The van der Waals surface area contributed by atoms with Crippen molar-refractivity contribution < 1.29 is 4.79 Å². The van der Waals surface area contributed by atoms with Gasteiger partial charge in [0.15, 0.2) is 0 Å². The first-order valence-electron chi connectivity index (χ1n) is 10.1. The number of carbonyl (C=O) groups is 1. The van der Waals surface area contributed by atoms with Crippen LogP contribution in [0.5, 0.6) is 0 Å². The number of aromatic nitrogens is 1. The van der Waals surface area contributed by atoms with E-state index in [1.807, 2.05) is 17.2 Å². The highest BCUT2D eigenvalue weighted by Gasteiger charge is 2.36. The Balaban J connectivity index is 1.72. The number of likely N-dealkylation sites (tertiary alicyclic amines) is 1. The molecule has 1 atom stereocenters. The molecule has 154 valence electrons. The van der Waals surface area contributed by atoms with Crippen LogP contribution in [0.15, 0.2) is 33.3 Å². The minimum atomic E-state index is 0.169. The lowest BCUT2D eigenvalue weighted by molar-refractivity contribution is -0.132. The first-order valence-corrected chi connectivity index (χ1v) is 12.0. The average Bonchev–Trinajstić information content (AvgIpc) is 2.85.